The molecule has 0 aliphatic carbocycles. The van der Waals surface area contributed by atoms with Crippen molar-refractivity contribution in [3.8, 4) is 16.9 Å². The minimum absolute atomic E-state index is 0.697. The largest absolute Gasteiger partial charge is 0.340 e. The zero-order valence-corrected chi connectivity index (χ0v) is 14.9. The minimum atomic E-state index is 0.697. The van der Waals surface area contributed by atoms with Crippen molar-refractivity contribution in [1.82, 2.24) is 19.7 Å². The van der Waals surface area contributed by atoms with Crippen LogP contribution in [0.1, 0.15) is 5.56 Å². The fourth-order valence-corrected chi connectivity index (χ4v) is 2.80. The van der Waals surface area contributed by atoms with Crippen LogP contribution in [-0.2, 0) is 0 Å². The van der Waals surface area contributed by atoms with Gasteiger partial charge in [0.1, 0.15) is 12.1 Å². The summed E-state index contributed by atoms with van der Waals surface area (Å²) in [6, 6.07) is 17.5. The lowest BCUT2D eigenvalue weighted by atomic mass is 10.2. The first-order valence-corrected chi connectivity index (χ1v) is 8.52. The second-order valence-corrected chi connectivity index (χ2v) is 6.32. The Labute approximate surface area is 156 Å². The summed E-state index contributed by atoms with van der Waals surface area (Å²) in [6.45, 7) is 2.06. The van der Waals surface area contributed by atoms with E-state index in [1.54, 1.807) is 12.5 Å². The Morgan fingerprint density at radius 1 is 1.00 bits per heavy atom. The number of benzene rings is 2. The molecular weight excluding hydrogens is 346 g/mol. The van der Waals surface area contributed by atoms with Gasteiger partial charge >= 0.3 is 0 Å². The summed E-state index contributed by atoms with van der Waals surface area (Å²) < 4.78 is 1.86. The third kappa shape index (κ3) is 3.43. The van der Waals surface area contributed by atoms with Gasteiger partial charge in [0.2, 0.25) is 0 Å². The molecule has 0 saturated heterocycles. The molecule has 0 aliphatic rings. The summed E-state index contributed by atoms with van der Waals surface area (Å²) >= 11 is 5.92. The maximum absolute atomic E-state index is 5.92. The van der Waals surface area contributed by atoms with Gasteiger partial charge in [-0.2, -0.15) is 5.10 Å². The molecule has 2 aromatic carbocycles. The van der Waals surface area contributed by atoms with Gasteiger partial charge < -0.3 is 5.32 Å². The van der Waals surface area contributed by atoms with Crippen molar-refractivity contribution in [2.45, 2.75) is 6.92 Å². The maximum Gasteiger partial charge on any atom is 0.134 e. The van der Waals surface area contributed by atoms with E-state index in [2.05, 4.69) is 33.4 Å². The fourth-order valence-electron chi connectivity index (χ4n) is 2.67. The van der Waals surface area contributed by atoms with Gasteiger partial charge in [0.25, 0.3) is 0 Å². The van der Waals surface area contributed by atoms with Crippen molar-refractivity contribution in [1.29, 1.82) is 0 Å². The van der Waals surface area contributed by atoms with Crippen LogP contribution in [0.2, 0.25) is 5.02 Å². The Morgan fingerprint density at radius 3 is 2.62 bits per heavy atom. The molecular formula is C20H16ClN5. The number of halogens is 1. The molecule has 6 heteroatoms. The van der Waals surface area contributed by atoms with Gasteiger partial charge in [0.05, 0.1) is 17.6 Å². The molecule has 128 valence electrons. The van der Waals surface area contributed by atoms with Crippen molar-refractivity contribution in [2.75, 3.05) is 5.32 Å². The number of nitrogens with one attached hydrogen (secondary N) is 1. The molecule has 0 amide bonds. The molecule has 26 heavy (non-hydrogen) atoms. The number of anilines is 2. The van der Waals surface area contributed by atoms with Crippen LogP contribution in [0.15, 0.2) is 73.3 Å². The van der Waals surface area contributed by atoms with Crippen LogP contribution in [0, 0.1) is 6.92 Å². The molecule has 5 nitrogen and oxygen atoms in total. The first-order chi connectivity index (χ1) is 12.7. The summed E-state index contributed by atoms with van der Waals surface area (Å²) in [5.41, 5.74) is 4.85. The Morgan fingerprint density at radius 2 is 1.81 bits per heavy atom. The van der Waals surface area contributed by atoms with Gasteiger partial charge in [-0.1, -0.05) is 29.8 Å². The highest BCUT2D eigenvalue weighted by Gasteiger charge is 2.08. The Kier molecular flexibility index (Phi) is 4.37. The van der Waals surface area contributed by atoms with Gasteiger partial charge in [-0.05, 0) is 42.8 Å². The number of nitrogens with zero attached hydrogens (tertiary/aromatic N) is 4. The van der Waals surface area contributed by atoms with Crippen LogP contribution in [0.25, 0.3) is 16.9 Å². The molecule has 0 spiro atoms. The first-order valence-electron chi connectivity index (χ1n) is 8.15. The third-order valence-electron chi connectivity index (χ3n) is 4.02. The highest BCUT2D eigenvalue weighted by Crippen LogP contribution is 2.23. The fraction of sp³-hybridized carbons (Fsp3) is 0.0500. The van der Waals surface area contributed by atoms with Gasteiger partial charge in [0, 0.05) is 28.5 Å². The van der Waals surface area contributed by atoms with Crippen molar-refractivity contribution < 1.29 is 0 Å². The van der Waals surface area contributed by atoms with Gasteiger partial charge in [0.15, 0.2) is 0 Å². The van der Waals surface area contributed by atoms with Crippen LogP contribution in [0.3, 0.4) is 0 Å². The predicted molar refractivity (Wildman–Crippen MR) is 104 cm³/mol. The molecule has 0 radical (unpaired) electrons. The van der Waals surface area contributed by atoms with Crippen molar-refractivity contribution in [2.24, 2.45) is 0 Å². The van der Waals surface area contributed by atoms with Crippen molar-refractivity contribution in [3.05, 3.63) is 83.9 Å². The highest BCUT2D eigenvalue weighted by atomic mass is 35.5. The van der Waals surface area contributed by atoms with Crippen LogP contribution in [-0.4, -0.2) is 19.7 Å². The Bertz CT molecular complexity index is 1040. The van der Waals surface area contributed by atoms with Crippen LogP contribution in [0.4, 0.5) is 11.5 Å². The zero-order chi connectivity index (χ0) is 17.9. The normalized spacial score (nSPS) is 10.7. The predicted octanol–water partition coefficient (Wildman–Crippen LogP) is 5.03. The van der Waals surface area contributed by atoms with Gasteiger partial charge in [-0.15, -0.1) is 0 Å². The lowest BCUT2D eigenvalue weighted by Crippen LogP contribution is -1.96. The summed E-state index contributed by atoms with van der Waals surface area (Å²) in [5.74, 6) is 0.709. The number of hydrogen-bond acceptors (Lipinski definition) is 4. The van der Waals surface area contributed by atoms with E-state index in [0.29, 0.717) is 10.8 Å². The van der Waals surface area contributed by atoms with E-state index in [4.69, 9.17) is 11.6 Å². The van der Waals surface area contributed by atoms with Crippen LogP contribution >= 0.6 is 11.6 Å². The van der Waals surface area contributed by atoms with E-state index in [-0.39, 0.29) is 0 Å². The van der Waals surface area contributed by atoms with Crippen LogP contribution in [0.5, 0.6) is 0 Å². The SMILES string of the molecule is Cc1ccccc1-n1cc(-c2cc(Nc3ccc(Cl)cc3)ncn2)cn1. The number of hydrogen-bond donors (Lipinski definition) is 1. The molecule has 0 aliphatic heterocycles. The van der Waals surface area contributed by atoms with Gasteiger partial charge in [-0.3, -0.25) is 0 Å². The van der Waals surface area contributed by atoms with E-state index in [1.807, 2.05) is 59.4 Å². The molecule has 4 rings (SSSR count). The molecule has 1 N–H and O–H groups in total. The highest BCUT2D eigenvalue weighted by molar-refractivity contribution is 6.30. The first kappa shape index (κ1) is 16.3. The molecule has 2 aromatic heterocycles. The van der Waals surface area contributed by atoms with Gasteiger partial charge in [-0.25, -0.2) is 14.6 Å². The maximum atomic E-state index is 5.92. The van der Waals surface area contributed by atoms with Crippen LogP contribution < -0.4 is 5.32 Å². The molecule has 2 heterocycles. The lowest BCUT2D eigenvalue weighted by molar-refractivity contribution is 0.873. The summed E-state index contributed by atoms with van der Waals surface area (Å²) in [7, 11) is 0. The average molecular weight is 362 g/mol. The smallest absolute Gasteiger partial charge is 0.134 e. The Hall–Kier alpha value is -3.18. The molecule has 0 unspecified atom stereocenters. The van der Waals surface area contributed by atoms with E-state index >= 15 is 0 Å². The lowest BCUT2D eigenvalue weighted by Gasteiger charge is -2.06. The number of aromatic nitrogens is 4. The zero-order valence-electron chi connectivity index (χ0n) is 14.1. The van der Waals surface area contributed by atoms with E-state index in [1.165, 1.54) is 0 Å². The summed E-state index contributed by atoms with van der Waals surface area (Å²) in [4.78, 5) is 8.65. The van der Waals surface area contributed by atoms with Crippen molar-refractivity contribution >= 4 is 23.1 Å². The second-order valence-electron chi connectivity index (χ2n) is 5.88. The molecule has 0 bridgehead atoms. The summed E-state index contributed by atoms with van der Waals surface area (Å²) in [6.07, 6.45) is 5.32. The van der Waals surface area contributed by atoms with E-state index in [9.17, 15) is 0 Å². The monoisotopic (exact) mass is 361 g/mol. The number of para-hydroxylation sites is 1. The Balaban J connectivity index is 1.61. The molecule has 0 fully saturated rings. The average Bonchev–Trinajstić information content (AvgIpc) is 3.14. The number of rotatable bonds is 4. The van der Waals surface area contributed by atoms with E-state index in [0.717, 1.165) is 28.2 Å². The summed E-state index contributed by atoms with van der Waals surface area (Å²) in [5, 5.41) is 8.42. The standard InChI is InChI=1S/C20H16ClN5/c1-14-4-2-3-5-19(14)26-12-15(11-24-26)18-10-20(23-13-22-18)25-17-8-6-16(21)7-9-17/h2-13H,1H3,(H,22,23,25). The molecule has 0 saturated carbocycles. The van der Waals surface area contributed by atoms with Crippen molar-refractivity contribution in [3.63, 3.8) is 0 Å². The minimum Gasteiger partial charge on any atom is -0.340 e. The third-order valence-corrected chi connectivity index (χ3v) is 4.28. The molecule has 4 aromatic rings. The second kappa shape index (κ2) is 6.98. The molecule has 0 atom stereocenters. The van der Waals surface area contributed by atoms with E-state index < -0.39 is 0 Å². The quantitative estimate of drug-likeness (QED) is 0.553. The number of aryl methyl sites for hydroxylation is 1. The topological polar surface area (TPSA) is 55.6 Å².